The van der Waals surface area contributed by atoms with Crippen molar-refractivity contribution in [2.45, 2.75) is 6.42 Å². The molecule has 0 fully saturated rings. The fourth-order valence-corrected chi connectivity index (χ4v) is 2.46. The number of aromatic nitrogens is 1. The summed E-state index contributed by atoms with van der Waals surface area (Å²) in [7, 11) is 1.82. The van der Waals surface area contributed by atoms with Crippen LogP contribution in [0.5, 0.6) is 0 Å². The molecule has 0 bridgehead atoms. The van der Waals surface area contributed by atoms with Gasteiger partial charge < -0.3 is 4.57 Å². The third kappa shape index (κ3) is 4.20. The number of anilines is 1. The van der Waals surface area contributed by atoms with E-state index in [4.69, 9.17) is 0 Å². The summed E-state index contributed by atoms with van der Waals surface area (Å²) in [5, 5.41) is 4.30. The predicted molar refractivity (Wildman–Crippen MR) is 97.3 cm³/mol. The van der Waals surface area contributed by atoms with E-state index in [1.807, 2.05) is 49.6 Å². The van der Waals surface area contributed by atoms with Gasteiger partial charge in [0.15, 0.2) is 0 Å². The molecule has 0 aliphatic rings. The number of nitrogens with zero attached hydrogens (tertiary/aromatic N) is 2. The average molecular weight is 335 g/mol. The number of carbonyl (C=O) groups is 1. The molecule has 3 aromatic rings. The monoisotopic (exact) mass is 335 g/mol. The molecule has 4 nitrogen and oxygen atoms in total. The van der Waals surface area contributed by atoms with E-state index in [1.165, 1.54) is 12.1 Å². The standard InChI is InChI=1S/C20H18FN3O/c1-24-13-5-8-19(24)20(25)18(14-15-6-3-2-4-7-15)23-22-17-11-9-16(21)10-12-17/h2-13,22H,14H2,1H3/b23-18+. The number of hydrogen-bond acceptors (Lipinski definition) is 3. The molecule has 0 aliphatic heterocycles. The molecule has 5 heteroatoms. The van der Waals surface area contributed by atoms with Crippen LogP contribution in [0.15, 0.2) is 78.0 Å². The first-order valence-corrected chi connectivity index (χ1v) is 7.91. The summed E-state index contributed by atoms with van der Waals surface area (Å²) in [5.41, 5.74) is 5.41. The minimum atomic E-state index is -0.320. The van der Waals surface area contributed by atoms with E-state index in [9.17, 15) is 9.18 Å². The molecule has 0 unspecified atom stereocenters. The minimum Gasteiger partial charge on any atom is -0.348 e. The topological polar surface area (TPSA) is 46.4 Å². The first-order valence-electron chi connectivity index (χ1n) is 7.91. The van der Waals surface area contributed by atoms with E-state index >= 15 is 0 Å². The van der Waals surface area contributed by atoms with Gasteiger partial charge in [-0.2, -0.15) is 5.10 Å². The lowest BCUT2D eigenvalue weighted by molar-refractivity contribution is 0.105. The quantitative estimate of drug-likeness (QED) is 0.419. The summed E-state index contributed by atoms with van der Waals surface area (Å²) in [5.74, 6) is -0.468. The second kappa shape index (κ2) is 7.57. The van der Waals surface area contributed by atoms with E-state index in [2.05, 4.69) is 10.5 Å². The number of nitrogens with one attached hydrogen (secondary N) is 1. The fourth-order valence-electron chi connectivity index (χ4n) is 2.46. The summed E-state index contributed by atoms with van der Waals surface area (Å²) in [4.78, 5) is 12.9. The summed E-state index contributed by atoms with van der Waals surface area (Å²) < 4.78 is 14.8. The van der Waals surface area contributed by atoms with E-state index in [1.54, 1.807) is 22.8 Å². The smallest absolute Gasteiger partial charge is 0.225 e. The van der Waals surface area contributed by atoms with Crippen molar-refractivity contribution in [3.8, 4) is 0 Å². The summed E-state index contributed by atoms with van der Waals surface area (Å²) in [6, 6.07) is 19.1. The number of hydrazone groups is 1. The number of ketones is 1. The van der Waals surface area contributed by atoms with Crippen molar-refractivity contribution < 1.29 is 9.18 Å². The van der Waals surface area contributed by atoms with Crippen molar-refractivity contribution in [1.82, 2.24) is 4.57 Å². The number of halogens is 1. The Morgan fingerprint density at radius 1 is 1.04 bits per heavy atom. The summed E-state index contributed by atoms with van der Waals surface area (Å²) in [6.07, 6.45) is 2.22. The van der Waals surface area contributed by atoms with E-state index < -0.39 is 0 Å². The average Bonchev–Trinajstić information content (AvgIpc) is 3.06. The lowest BCUT2D eigenvalue weighted by atomic mass is 10.0. The molecule has 0 atom stereocenters. The molecular weight excluding hydrogens is 317 g/mol. The fraction of sp³-hybridized carbons (Fsp3) is 0.100. The van der Waals surface area contributed by atoms with Crippen molar-refractivity contribution >= 4 is 17.2 Å². The van der Waals surface area contributed by atoms with Gasteiger partial charge in [-0.15, -0.1) is 0 Å². The van der Waals surface area contributed by atoms with Crippen LogP contribution in [-0.2, 0) is 13.5 Å². The van der Waals surface area contributed by atoms with E-state index in [0.29, 0.717) is 23.5 Å². The third-order valence-electron chi connectivity index (χ3n) is 3.82. The highest BCUT2D eigenvalue weighted by Crippen LogP contribution is 2.11. The van der Waals surface area contributed by atoms with Gasteiger partial charge in [-0.25, -0.2) is 4.39 Å². The maximum atomic E-state index is 13.0. The Morgan fingerprint density at radius 3 is 2.40 bits per heavy atom. The normalized spacial score (nSPS) is 11.4. The summed E-state index contributed by atoms with van der Waals surface area (Å²) in [6.45, 7) is 0. The van der Waals surface area contributed by atoms with Crippen LogP contribution in [0.4, 0.5) is 10.1 Å². The van der Waals surface area contributed by atoms with Gasteiger partial charge in [0.2, 0.25) is 5.78 Å². The van der Waals surface area contributed by atoms with Crippen LogP contribution >= 0.6 is 0 Å². The molecule has 1 N–H and O–H groups in total. The van der Waals surface area contributed by atoms with Crippen molar-refractivity contribution in [2.75, 3.05) is 5.43 Å². The maximum Gasteiger partial charge on any atom is 0.225 e. The largest absolute Gasteiger partial charge is 0.348 e. The molecule has 0 spiro atoms. The van der Waals surface area contributed by atoms with E-state index in [0.717, 1.165) is 5.56 Å². The molecule has 0 saturated heterocycles. The van der Waals surface area contributed by atoms with Crippen LogP contribution in [0.25, 0.3) is 0 Å². The first-order chi connectivity index (χ1) is 12.1. The highest BCUT2D eigenvalue weighted by Gasteiger charge is 2.17. The predicted octanol–water partition coefficient (Wildman–Crippen LogP) is 4.06. The molecule has 2 aromatic carbocycles. The molecule has 0 amide bonds. The van der Waals surface area contributed by atoms with Gasteiger partial charge in [0, 0.05) is 19.7 Å². The van der Waals surface area contributed by atoms with Gasteiger partial charge in [-0.05, 0) is 42.0 Å². The second-order valence-corrected chi connectivity index (χ2v) is 5.67. The number of rotatable bonds is 6. The summed E-state index contributed by atoms with van der Waals surface area (Å²) >= 11 is 0. The van der Waals surface area contributed by atoms with Crippen molar-refractivity contribution in [1.29, 1.82) is 0 Å². The van der Waals surface area contributed by atoms with Gasteiger partial charge in [0.05, 0.1) is 11.4 Å². The minimum absolute atomic E-state index is 0.147. The van der Waals surface area contributed by atoms with Crippen molar-refractivity contribution in [3.05, 3.63) is 90.0 Å². The Hall–Kier alpha value is -3.21. The van der Waals surface area contributed by atoms with Crippen LogP contribution in [-0.4, -0.2) is 16.1 Å². The number of Topliss-reactive ketones (excluding diaryl/α,β-unsaturated/α-hetero) is 1. The Balaban J connectivity index is 1.88. The molecule has 1 heterocycles. The van der Waals surface area contributed by atoms with Gasteiger partial charge in [0.25, 0.3) is 0 Å². The molecule has 0 saturated carbocycles. The number of benzene rings is 2. The molecule has 0 aliphatic carbocycles. The van der Waals surface area contributed by atoms with Crippen molar-refractivity contribution in [3.63, 3.8) is 0 Å². The number of aryl methyl sites for hydroxylation is 1. The van der Waals surface area contributed by atoms with Gasteiger partial charge >= 0.3 is 0 Å². The zero-order chi connectivity index (χ0) is 17.6. The van der Waals surface area contributed by atoms with Gasteiger partial charge in [-0.3, -0.25) is 10.2 Å². The van der Waals surface area contributed by atoms with Crippen LogP contribution in [0, 0.1) is 5.82 Å². The molecule has 126 valence electrons. The molecule has 25 heavy (non-hydrogen) atoms. The molecule has 3 rings (SSSR count). The highest BCUT2D eigenvalue weighted by molar-refractivity contribution is 6.46. The lowest BCUT2D eigenvalue weighted by Crippen LogP contribution is -2.21. The molecule has 1 aromatic heterocycles. The lowest BCUT2D eigenvalue weighted by Gasteiger charge is -2.08. The second-order valence-electron chi connectivity index (χ2n) is 5.67. The SMILES string of the molecule is Cn1cccc1C(=O)/C(Cc1ccccc1)=N/Nc1ccc(F)cc1. The zero-order valence-corrected chi connectivity index (χ0v) is 13.8. The van der Waals surface area contributed by atoms with Crippen LogP contribution in [0.1, 0.15) is 16.1 Å². The number of carbonyl (C=O) groups excluding carboxylic acids is 1. The number of hydrogen-bond donors (Lipinski definition) is 1. The molecule has 0 radical (unpaired) electrons. The van der Waals surface area contributed by atoms with Crippen molar-refractivity contribution in [2.24, 2.45) is 12.1 Å². The Bertz CT molecular complexity index is 883. The van der Waals surface area contributed by atoms with Gasteiger partial charge in [0.1, 0.15) is 11.5 Å². The van der Waals surface area contributed by atoms with Crippen LogP contribution in [0.3, 0.4) is 0 Å². The Kier molecular flexibility index (Phi) is 5.04. The zero-order valence-electron chi connectivity index (χ0n) is 13.8. The third-order valence-corrected chi connectivity index (χ3v) is 3.82. The van der Waals surface area contributed by atoms with E-state index in [-0.39, 0.29) is 11.6 Å². The highest BCUT2D eigenvalue weighted by atomic mass is 19.1. The molecular formula is C20H18FN3O. The van der Waals surface area contributed by atoms with Crippen LogP contribution in [0.2, 0.25) is 0 Å². The van der Waals surface area contributed by atoms with Gasteiger partial charge in [-0.1, -0.05) is 30.3 Å². The van der Waals surface area contributed by atoms with Crippen LogP contribution < -0.4 is 5.43 Å². The first kappa shape index (κ1) is 16.6. The maximum absolute atomic E-state index is 13.0. The Labute approximate surface area is 145 Å². The Morgan fingerprint density at radius 2 is 1.76 bits per heavy atom.